The first-order valence-electron chi connectivity index (χ1n) is 13.9. The second-order valence-electron chi connectivity index (χ2n) is 10.2. The zero-order valence-corrected chi connectivity index (χ0v) is 23.0. The van der Waals surface area contributed by atoms with Crippen molar-refractivity contribution in [3.05, 3.63) is 59.1 Å². The van der Waals surface area contributed by atoms with Gasteiger partial charge in [-0.1, -0.05) is 32.6 Å². The lowest BCUT2D eigenvalue weighted by Gasteiger charge is -2.40. The molecule has 1 aromatic heterocycles. The van der Waals surface area contributed by atoms with E-state index in [0.717, 1.165) is 37.7 Å². The molecule has 10 heteroatoms. The lowest BCUT2D eigenvalue weighted by Crippen LogP contribution is -2.55. The Morgan fingerprint density at radius 1 is 1.20 bits per heavy atom. The van der Waals surface area contributed by atoms with Gasteiger partial charge in [0, 0.05) is 41.8 Å². The summed E-state index contributed by atoms with van der Waals surface area (Å²) in [7, 11) is 1.45. The van der Waals surface area contributed by atoms with Gasteiger partial charge in [0.1, 0.15) is 18.5 Å². The third kappa shape index (κ3) is 6.23. The van der Waals surface area contributed by atoms with Crippen LogP contribution in [0.25, 0.3) is 0 Å². The van der Waals surface area contributed by atoms with E-state index in [2.05, 4.69) is 12.2 Å². The maximum atomic E-state index is 13.6. The molecule has 0 radical (unpaired) electrons. The van der Waals surface area contributed by atoms with E-state index >= 15 is 0 Å². The summed E-state index contributed by atoms with van der Waals surface area (Å²) in [6.45, 7) is 2.09. The number of methoxy groups -OCH3 is 1. The highest BCUT2D eigenvalue weighted by Crippen LogP contribution is 2.51. The van der Waals surface area contributed by atoms with E-state index in [4.69, 9.17) is 13.9 Å². The number of amides is 2. The molecule has 2 amide bonds. The van der Waals surface area contributed by atoms with E-state index in [1.165, 1.54) is 19.4 Å². The first-order chi connectivity index (χ1) is 19.4. The molecule has 3 N–H and O–H groups in total. The van der Waals surface area contributed by atoms with Crippen LogP contribution < -0.4 is 14.8 Å². The van der Waals surface area contributed by atoms with Crippen LogP contribution in [0.2, 0.25) is 0 Å². The van der Waals surface area contributed by atoms with Crippen molar-refractivity contribution in [2.45, 2.75) is 76.2 Å². The molecular formula is C30H38N2O8. The summed E-state index contributed by atoms with van der Waals surface area (Å²) in [4.78, 5) is 40.2. The number of carbonyl (C=O) groups is 3. The van der Waals surface area contributed by atoms with Crippen molar-refractivity contribution < 1.29 is 38.5 Å². The monoisotopic (exact) mass is 554 g/mol. The quantitative estimate of drug-likeness (QED) is 0.239. The molecule has 4 atom stereocenters. The number of ether oxygens (including phenoxy) is 2. The van der Waals surface area contributed by atoms with E-state index in [0.29, 0.717) is 35.3 Å². The number of benzene rings is 1. The van der Waals surface area contributed by atoms with Gasteiger partial charge in [-0.3, -0.25) is 14.4 Å². The predicted octanol–water partition coefficient (Wildman–Crippen LogP) is 3.11. The van der Waals surface area contributed by atoms with Crippen molar-refractivity contribution in [1.82, 2.24) is 10.2 Å². The van der Waals surface area contributed by atoms with Crippen molar-refractivity contribution >= 4 is 18.1 Å². The van der Waals surface area contributed by atoms with Crippen LogP contribution in [0.4, 0.5) is 0 Å². The van der Waals surface area contributed by atoms with Crippen LogP contribution in [-0.4, -0.2) is 71.7 Å². The van der Waals surface area contributed by atoms with Gasteiger partial charge in [-0.25, -0.2) is 0 Å². The fourth-order valence-electron chi connectivity index (χ4n) is 5.52. The van der Waals surface area contributed by atoms with E-state index < -0.39 is 30.1 Å². The number of aldehydes is 1. The van der Waals surface area contributed by atoms with Gasteiger partial charge in [0.05, 0.1) is 38.2 Å². The average Bonchev–Trinajstić information content (AvgIpc) is 3.62. The summed E-state index contributed by atoms with van der Waals surface area (Å²) in [6.07, 6.45) is 8.47. The predicted molar refractivity (Wildman–Crippen MR) is 146 cm³/mol. The number of rotatable bonds is 14. The van der Waals surface area contributed by atoms with Crippen LogP contribution in [0.1, 0.15) is 72.9 Å². The van der Waals surface area contributed by atoms with Crippen molar-refractivity contribution in [2.24, 2.45) is 0 Å². The molecular weight excluding hydrogens is 516 g/mol. The molecule has 2 aromatic rings. The Hall–Kier alpha value is -3.63. The molecule has 0 unspecified atom stereocenters. The maximum Gasteiger partial charge on any atom is 0.247 e. The Balaban J connectivity index is 1.72. The Morgan fingerprint density at radius 2 is 2.00 bits per heavy atom. The first-order valence-corrected chi connectivity index (χ1v) is 13.9. The smallest absolute Gasteiger partial charge is 0.247 e. The number of carbonyl (C=O) groups excluding carboxylic acids is 3. The molecule has 40 heavy (non-hydrogen) atoms. The molecule has 0 bridgehead atoms. The number of nitrogens with one attached hydrogen (secondary N) is 1. The number of nitrogens with zero attached hydrogens (tertiary/aromatic N) is 1. The van der Waals surface area contributed by atoms with Crippen LogP contribution in [-0.2, 0) is 16.1 Å². The topological polar surface area (TPSA) is 139 Å². The fourth-order valence-corrected chi connectivity index (χ4v) is 5.52. The summed E-state index contributed by atoms with van der Waals surface area (Å²) in [5.74, 6) is -0.668. The van der Waals surface area contributed by atoms with E-state index in [1.807, 2.05) is 0 Å². The second kappa shape index (κ2) is 13.6. The summed E-state index contributed by atoms with van der Waals surface area (Å²) in [6, 6.07) is 4.04. The van der Waals surface area contributed by atoms with E-state index in [9.17, 15) is 24.6 Å². The number of fused-ring (bicyclic) bond motifs is 3. The summed E-state index contributed by atoms with van der Waals surface area (Å²) < 4.78 is 16.9. The molecule has 1 aliphatic carbocycles. The minimum absolute atomic E-state index is 0.0294. The van der Waals surface area contributed by atoms with Gasteiger partial charge in [0.2, 0.25) is 11.8 Å². The largest absolute Gasteiger partial charge is 0.493 e. The van der Waals surface area contributed by atoms with Gasteiger partial charge in [-0.15, -0.1) is 0 Å². The van der Waals surface area contributed by atoms with Crippen molar-refractivity contribution in [2.75, 3.05) is 20.3 Å². The molecule has 0 fully saturated rings. The second-order valence-corrected chi connectivity index (χ2v) is 10.2. The Morgan fingerprint density at radius 3 is 2.67 bits per heavy atom. The molecule has 2 heterocycles. The minimum atomic E-state index is -1.19. The molecule has 4 rings (SSSR count). The van der Waals surface area contributed by atoms with Gasteiger partial charge < -0.3 is 34.3 Å². The zero-order chi connectivity index (χ0) is 28.6. The fraction of sp³-hybridized carbons (Fsp3) is 0.500. The lowest BCUT2D eigenvalue weighted by atomic mass is 9.77. The van der Waals surface area contributed by atoms with E-state index in [-0.39, 0.29) is 31.2 Å². The number of furan rings is 1. The standard InChI is InChI=1S/C30H38N2O8/c1-3-4-5-6-7-8-25(35)32(16-19-9-12-39-18-19)23-15-22(30(37)31-10-11-33)26-21-13-20(17-34)14-24(38-2)28(21)40-29(26)27(23)36/h9,12-15,17-18,23,26-27,29,33,36H,3-8,10-11,16H2,1-2H3,(H,31,37)/t23-,26+,27+,29+/m1/s1. The summed E-state index contributed by atoms with van der Waals surface area (Å²) in [5.41, 5.74) is 1.91. The molecule has 1 aromatic carbocycles. The molecule has 0 saturated heterocycles. The van der Waals surface area contributed by atoms with Crippen molar-refractivity contribution in [1.29, 1.82) is 0 Å². The molecule has 0 spiro atoms. The van der Waals surface area contributed by atoms with Crippen LogP contribution in [0.3, 0.4) is 0 Å². The third-order valence-corrected chi connectivity index (χ3v) is 7.52. The Labute approximate surface area is 233 Å². The van der Waals surface area contributed by atoms with Crippen molar-refractivity contribution in [3.8, 4) is 11.5 Å². The molecule has 1 aliphatic heterocycles. The van der Waals surface area contributed by atoms with Gasteiger partial charge in [-0.05, 0) is 30.7 Å². The molecule has 2 aliphatic rings. The Bertz CT molecular complexity index is 1210. The van der Waals surface area contributed by atoms with Gasteiger partial charge in [-0.2, -0.15) is 0 Å². The van der Waals surface area contributed by atoms with Crippen LogP contribution in [0.15, 0.2) is 46.8 Å². The average molecular weight is 555 g/mol. The number of hydrogen-bond donors (Lipinski definition) is 3. The number of unbranched alkanes of at least 4 members (excludes halogenated alkanes) is 4. The SMILES string of the molecule is CCCCCCCC(=O)N(Cc1ccoc1)[C@@H]1C=C(C(=O)NCCO)[C@@H]2c3cc(C=O)cc(OC)c3O[C@@H]2[C@H]1O. The normalized spacial score (nSPS) is 21.1. The zero-order valence-electron chi connectivity index (χ0n) is 23.0. The van der Waals surface area contributed by atoms with Crippen LogP contribution in [0.5, 0.6) is 11.5 Å². The summed E-state index contributed by atoms with van der Waals surface area (Å²) in [5, 5.41) is 23.7. The van der Waals surface area contributed by atoms with Gasteiger partial charge >= 0.3 is 0 Å². The third-order valence-electron chi connectivity index (χ3n) is 7.52. The maximum absolute atomic E-state index is 13.6. The van der Waals surface area contributed by atoms with Crippen molar-refractivity contribution in [3.63, 3.8) is 0 Å². The number of hydrogen-bond acceptors (Lipinski definition) is 8. The number of aliphatic hydroxyl groups is 2. The molecule has 0 saturated carbocycles. The molecule has 10 nitrogen and oxygen atoms in total. The lowest BCUT2D eigenvalue weighted by molar-refractivity contribution is -0.138. The Kier molecular flexibility index (Phi) is 10.0. The minimum Gasteiger partial charge on any atom is -0.493 e. The highest BCUT2D eigenvalue weighted by molar-refractivity contribution is 5.96. The van der Waals surface area contributed by atoms with E-state index in [1.54, 1.807) is 29.4 Å². The summed E-state index contributed by atoms with van der Waals surface area (Å²) >= 11 is 0. The highest BCUT2D eigenvalue weighted by atomic mass is 16.5. The van der Waals surface area contributed by atoms with Crippen LogP contribution in [0, 0.1) is 0 Å². The van der Waals surface area contributed by atoms with Crippen LogP contribution >= 0.6 is 0 Å². The molecule has 216 valence electrons. The first kappa shape index (κ1) is 29.4. The van der Waals surface area contributed by atoms with Gasteiger partial charge in [0.25, 0.3) is 0 Å². The highest BCUT2D eigenvalue weighted by Gasteiger charge is 2.51. The van der Waals surface area contributed by atoms with Gasteiger partial charge in [0.15, 0.2) is 11.5 Å². The number of aliphatic hydroxyl groups excluding tert-OH is 2.